The van der Waals surface area contributed by atoms with Gasteiger partial charge in [-0.25, -0.2) is 0 Å². The Kier molecular flexibility index (Phi) is 2.06. The molecule has 2 heteroatoms. The maximum absolute atomic E-state index is 11.7. The van der Waals surface area contributed by atoms with E-state index in [4.69, 9.17) is 0 Å². The van der Waals surface area contributed by atoms with Crippen LogP contribution in [0.15, 0.2) is 11.6 Å². The summed E-state index contributed by atoms with van der Waals surface area (Å²) in [4.78, 5) is 23.2. The molecule has 0 saturated heterocycles. The molecule has 2 atom stereocenters. The summed E-state index contributed by atoms with van der Waals surface area (Å²) >= 11 is 0. The predicted octanol–water partition coefficient (Wildman–Crippen LogP) is 1.89. The summed E-state index contributed by atoms with van der Waals surface area (Å²) in [6.07, 6.45) is 5.58. The quantitative estimate of drug-likeness (QED) is 0.567. The Morgan fingerprint density at radius 2 is 1.77 bits per heavy atom. The number of hydrogen-bond acceptors (Lipinski definition) is 2. The summed E-state index contributed by atoms with van der Waals surface area (Å²) in [6, 6.07) is 0. The van der Waals surface area contributed by atoms with Gasteiger partial charge in [0.25, 0.3) is 0 Å². The lowest BCUT2D eigenvalue weighted by Gasteiger charge is -2.31. The van der Waals surface area contributed by atoms with Gasteiger partial charge in [-0.2, -0.15) is 0 Å². The smallest absolute Gasteiger partial charge is 0.162 e. The van der Waals surface area contributed by atoms with Crippen LogP contribution in [0, 0.1) is 11.8 Å². The van der Waals surface area contributed by atoms with E-state index in [1.807, 2.05) is 0 Å². The number of ketones is 2. The van der Waals surface area contributed by atoms with Crippen LogP contribution in [0.3, 0.4) is 0 Å². The van der Waals surface area contributed by atoms with Crippen LogP contribution < -0.4 is 0 Å². The topological polar surface area (TPSA) is 34.1 Å². The van der Waals surface area contributed by atoms with Crippen LogP contribution in [-0.4, -0.2) is 11.6 Å². The highest BCUT2D eigenvalue weighted by molar-refractivity contribution is 6.10. The maximum Gasteiger partial charge on any atom is 0.162 e. The predicted molar refractivity (Wildman–Crippen MR) is 49.2 cm³/mol. The lowest BCUT2D eigenvalue weighted by atomic mass is 9.70. The lowest BCUT2D eigenvalue weighted by Crippen LogP contribution is -2.36. The molecule has 0 heterocycles. The number of carbonyl (C=O) groups is 2. The Labute approximate surface area is 78.0 Å². The van der Waals surface area contributed by atoms with Gasteiger partial charge in [-0.15, -0.1) is 0 Å². The first-order valence-electron chi connectivity index (χ1n) is 4.96. The second kappa shape index (κ2) is 3.09. The number of hydrogen-bond donors (Lipinski definition) is 0. The van der Waals surface area contributed by atoms with Crippen molar-refractivity contribution < 1.29 is 9.59 Å². The van der Waals surface area contributed by atoms with Crippen LogP contribution in [0.2, 0.25) is 0 Å². The minimum atomic E-state index is 0.0185. The van der Waals surface area contributed by atoms with Gasteiger partial charge in [0, 0.05) is 11.8 Å². The Morgan fingerprint density at radius 1 is 1.15 bits per heavy atom. The van der Waals surface area contributed by atoms with E-state index in [1.165, 1.54) is 6.08 Å². The Morgan fingerprint density at radius 3 is 2.46 bits per heavy atom. The molecule has 0 spiro atoms. The molecule has 0 amide bonds. The van der Waals surface area contributed by atoms with Gasteiger partial charge in [-0.05, 0) is 31.4 Å². The number of rotatable bonds is 0. The molecule has 2 aliphatic rings. The normalized spacial score (nSPS) is 34.1. The van der Waals surface area contributed by atoms with Gasteiger partial charge in [0.15, 0.2) is 11.6 Å². The second-order valence-corrected chi connectivity index (χ2v) is 4.09. The fourth-order valence-electron chi connectivity index (χ4n) is 2.47. The fraction of sp³-hybridized carbons (Fsp3) is 0.636. The molecule has 1 saturated carbocycles. The third kappa shape index (κ3) is 1.34. The van der Waals surface area contributed by atoms with Gasteiger partial charge in [0.1, 0.15) is 0 Å². The highest BCUT2D eigenvalue weighted by Gasteiger charge is 2.38. The van der Waals surface area contributed by atoms with Crippen LogP contribution in [0.4, 0.5) is 0 Å². The number of fused-ring (bicyclic) bond motifs is 1. The summed E-state index contributed by atoms with van der Waals surface area (Å²) in [6.45, 7) is 1.76. The third-order valence-corrected chi connectivity index (χ3v) is 3.22. The summed E-state index contributed by atoms with van der Waals surface area (Å²) in [5.41, 5.74) is 0.660. The minimum absolute atomic E-state index is 0.0185. The number of Topliss-reactive ketones (excluding diaryl/α,β-unsaturated/α-hetero) is 1. The standard InChI is InChI=1S/C11H14O2/c1-7-6-10(12)8-4-2-3-5-9(8)11(7)13/h6,8-9H,2-5H2,1H3. The maximum atomic E-state index is 11.7. The monoisotopic (exact) mass is 178 g/mol. The fourth-order valence-corrected chi connectivity index (χ4v) is 2.47. The van der Waals surface area contributed by atoms with E-state index in [0.717, 1.165) is 25.7 Å². The summed E-state index contributed by atoms with van der Waals surface area (Å²) in [5, 5.41) is 0. The second-order valence-electron chi connectivity index (χ2n) is 4.09. The summed E-state index contributed by atoms with van der Waals surface area (Å²) < 4.78 is 0. The SMILES string of the molecule is CC1=CC(=O)C2CCCCC2C1=O. The lowest BCUT2D eigenvalue weighted by molar-refractivity contribution is -0.131. The van der Waals surface area contributed by atoms with Crippen LogP contribution in [0.25, 0.3) is 0 Å². The molecule has 13 heavy (non-hydrogen) atoms. The van der Waals surface area contributed by atoms with Crippen LogP contribution in [-0.2, 0) is 9.59 Å². The van der Waals surface area contributed by atoms with Crippen molar-refractivity contribution in [2.45, 2.75) is 32.6 Å². The number of carbonyl (C=O) groups excluding carboxylic acids is 2. The molecule has 2 rings (SSSR count). The van der Waals surface area contributed by atoms with Crippen LogP contribution in [0.5, 0.6) is 0 Å². The summed E-state index contributed by atoms with van der Waals surface area (Å²) in [7, 11) is 0. The van der Waals surface area contributed by atoms with E-state index in [9.17, 15) is 9.59 Å². The molecule has 1 fully saturated rings. The minimum Gasteiger partial charge on any atom is -0.295 e. The van der Waals surface area contributed by atoms with Gasteiger partial charge in [0.05, 0.1) is 0 Å². The van der Waals surface area contributed by atoms with Crippen molar-refractivity contribution in [2.75, 3.05) is 0 Å². The molecule has 2 unspecified atom stereocenters. The Balaban J connectivity index is 2.32. The van der Waals surface area contributed by atoms with Crippen molar-refractivity contribution in [1.29, 1.82) is 0 Å². The molecule has 70 valence electrons. The average Bonchev–Trinajstić information content (AvgIpc) is 2.15. The Bertz CT molecular complexity index is 288. The van der Waals surface area contributed by atoms with Crippen LogP contribution >= 0.6 is 0 Å². The van der Waals surface area contributed by atoms with Gasteiger partial charge in [-0.1, -0.05) is 12.8 Å². The molecular weight excluding hydrogens is 164 g/mol. The van der Waals surface area contributed by atoms with Gasteiger partial charge >= 0.3 is 0 Å². The zero-order chi connectivity index (χ0) is 9.42. The molecule has 0 N–H and O–H groups in total. The molecular formula is C11H14O2. The van der Waals surface area contributed by atoms with Gasteiger partial charge in [-0.3, -0.25) is 9.59 Å². The first-order chi connectivity index (χ1) is 6.20. The molecule has 0 radical (unpaired) electrons. The van der Waals surface area contributed by atoms with Crippen LogP contribution in [0.1, 0.15) is 32.6 Å². The van der Waals surface area contributed by atoms with E-state index in [2.05, 4.69) is 0 Å². The highest BCUT2D eigenvalue weighted by atomic mass is 16.1. The molecule has 0 aromatic carbocycles. The van der Waals surface area contributed by atoms with Crippen molar-refractivity contribution in [2.24, 2.45) is 11.8 Å². The zero-order valence-electron chi connectivity index (χ0n) is 7.88. The summed E-state index contributed by atoms with van der Waals surface area (Å²) in [5.74, 6) is 0.433. The molecule has 2 nitrogen and oxygen atoms in total. The molecule has 0 aliphatic heterocycles. The van der Waals surface area contributed by atoms with E-state index >= 15 is 0 Å². The van der Waals surface area contributed by atoms with Gasteiger partial charge < -0.3 is 0 Å². The molecule has 2 aliphatic carbocycles. The third-order valence-electron chi connectivity index (χ3n) is 3.22. The molecule has 0 bridgehead atoms. The van der Waals surface area contributed by atoms with Crippen molar-refractivity contribution in [3.05, 3.63) is 11.6 Å². The van der Waals surface area contributed by atoms with Crippen molar-refractivity contribution in [3.63, 3.8) is 0 Å². The number of allylic oxidation sites excluding steroid dienone is 2. The van der Waals surface area contributed by atoms with Crippen molar-refractivity contribution in [3.8, 4) is 0 Å². The highest BCUT2D eigenvalue weighted by Crippen LogP contribution is 2.35. The average molecular weight is 178 g/mol. The molecule has 0 aromatic rings. The van der Waals surface area contributed by atoms with E-state index in [0.29, 0.717) is 5.57 Å². The zero-order valence-corrected chi connectivity index (χ0v) is 7.88. The van der Waals surface area contributed by atoms with E-state index < -0.39 is 0 Å². The van der Waals surface area contributed by atoms with Gasteiger partial charge in [0.2, 0.25) is 0 Å². The first-order valence-corrected chi connectivity index (χ1v) is 4.96. The Hall–Kier alpha value is -0.920. The largest absolute Gasteiger partial charge is 0.295 e. The van der Waals surface area contributed by atoms with E-state index in [-0.39, 0.29) is 23.4 Å². The first kappa shape index (κ1) is 8.67. The van der Waals surface area contributed by atoms with Crippen molar-refractivity contribution >= 4 is 11.6 Å². The molecule has 0 aromatic heterocycles. The van der Waals surface area contributed by atoms with Crippen molar-refractivity contribution in [1.82, 2.24) is 0 Å². The van der Waals surface area contributed by atoms with E-state index in [1.54, 1.807) is 6.92 Å².